The van der Waals surface area contributed by atoms with Crippen LogP contribution in [0.2, 0.25) is 0 Å². The SMILES string of the molecule is Nc1cnc(-c2sccc2Br)cn1. The maximum Gasteiger partial charge on any atom is 0.141 e. The number of nitrogen functional groups attached to an aromatic ring is 1. The van der Waals surface area contributed by atoms with Gasteiger partial charge in [0.1, 0.15) is 5.82 Å². The van der Waals surface area contributed by atoms with Crippen LogP contribution < -0.4 is 5.73 Å². The first-order chi connectivity index (χ1) is 6.27. The minimum atomic E-state index is 0.441. The zero-order valence-corrected chi connectivity index (χ0v) is 8.97. The quantitative estimate of drug-likeness (QED) is 0.853. The highest BCUT2D eigenvalue weighted by Crippen LogP contribution is 2.31. The number of halogens is 1. The molecule has 0 aliphatic heterocycles. The van der Waals surface area contributed by atoms with Crippen molar-refractivity contribution in [1.82, 2.24) is 9.97 Å². The second-order valence-corrected chi connectivity index (χ2v) is 4.19. The maximum atomic E-state index is 5.44. The highest BCUT2D eigenvalue weighted by molar-refractivity contribution is 9.10. The number of nitrogens with two attached hydrogens (primary N) is 1. The Labute approximate surface area is 87.8 Å². The molecule has 0 spiro atoms. The molecule has 0 aliphatic rings. The third kappa shape index (κ3) is 1.71. The van der Waals surface area contributed by atoms with Crippen LogP contribution in [0.15, 0.2) is 28.3 Å². The summed E-state index contributed by atoms with van der Waals surface area (Å²) in [5.74, 6) is 0.441. The molecule has 0 amide bonds. The third-order valence-corrected chi connectivity index (χ3v) is 3.38. The van der Waals surface area contributed by atoms with Crippen LogP contribution in [-0.4, -0.2) is 9.97 Å². The van der Waals surface area contributed by atoms with E-state index >= 15 is 0 Å². The van der Waals surface area contributed by atoms with E-state index in [0.717, 1.165) is 15.0 Å². The Bertz CT molecular complexity index is 410. The number of hydrogen-bond donors (Lipinski definition) is 1. The topological polar surface area (TPSA) is 51.8 Å². The monoisotopic (exact) mass is 255 g/mol. The minimum absolute atomic E-state index is 0.441. The van der Waals surface area contributed by atoms with Crippen LogP contribution in [0.4, 0.5) is 5.82 Å². The van der Waals surface area contributed by atoms with Gasteiger partial charge in [0, 0.05) is 4.47 Å². The molecule has 2 heterocycles. The Kier molecular flexibility index (Phi) is 2.28. The minimum Gasteiger partial charge on any atom is -0.382 e. The van der Waals surface area contributed by atoms with Gasteiger partial charge in [-0.25, -0.2) is 9.97 Å². The molecule has 0 saturated carbocycles. The summed E-state index contributed by atoms with van der Waals surface area (Å²) in [4.78, 5) is 9.23. The predicted molar refractivity (Wildman–Crippen MR) is 57.5 cm³/mol. The van der Waals surface area contributed by atoms with E-state index in [1.807, 2.05) is 11.4 Å². The molecule has 2 aromatic rings. The molecular formula is C8H6BrN3S. The normalized spacial score (nSPS) is 10.2. The summed E-state index contributed by atoms with van der Waals surface area (Å²) in [5, 5.41) is 2.00. The lowest BCUT2D eigenvalue weighted by Crippen LogP contribution is -1.91. The van der Waals surface area contributed by atoms with Gasteiger partial charge in [0.2, 0.25) is 0 Å². The summed E-state index contributed by atoms with van der Waals surface area (Å²) in [5.41, 5.74) is 6.28. The Hall–Kier alpha value is -0.940. The van der Waals surface area contributed by atoms with Crippen LogP contribution in [-0.2, 0) is 0 Å². The van der Waals surface area contributed by atoms with Gasteiger partial charge in [0.25, 0.3) is 0 Å². The van der Waals surface area contributed by atoms with Gasteiger partial charge in [-0.1, -0.05) is 0 Å². The van der Waals surface area contributed by atoms with Crippen molar-refractivity contribution in [2.24, 2.45) is 0 Å². The van der Waals surface area contributed by atoms with E-state index in [1.165, 1.54) is 0 Å². The number of nitrogens with zero attached hydrogens (tertiary/aromatic N) is 2. The molecule has 2 aromatic heterocycles. The summed E-state index contributed by atoms with van der Waals surface area (Å²) in [6.45, 7) is 0. The van der Waals surface area contributed by atoms with Crippen LogP contribution in [0.25, 0.3) is 10.6 Å². The van der Waals surface area contributed by atoms with E-state index in [2.05, 4.69) is 25.9 Å². The maximum absolute atomic E-state index is 5.44. The third-order valence-electron chi connectivity index (χ3n) is 1.52. The Morgan fingerprint density at radius 2 is 2.15 bits per heavy atom. The molecule has 2 rings (SSSR count). The Balaban J connectivity index is 2.47. The number of anilines is 1. The molecule has 2 N–H and O–H groups in total. The zero-order valence-electron chi connectivity index (χ0n) is 6.57. The van der Waals surface area contributed by atoms with E-state index < -0.39 is 0 Å². The molecule has 0 aliphatic carbocycles. The van der Waals surface area contributed by atoms with Gasteiger partial charge in [-0.15, -0.1) is 11.3 Å². The van der Waals surface area contributed by atoms with Gasteiger partial charge in [0.15, 0.2) is 0 Å². The molecule has 5 heteroatoms. The predicted octanol–water partition coefficient (Wildman–Crippen LogP) is 2.55. The molecule has 0 saturated heterocycles. The summed E-state index contributed by atoms with van der Waals surface area (Å²) >= 11 is 5.05. The van der Waals surface area contributed by atoms with Crippen molar-refractivity contribution in [2.75, 3.05) is 5.73 Å². The van der Waals surface area contributed by atoms with Crippen LogP contribution >= 0.6 is 27.3 Å². The number of thiophene rings is 1. The summed E-state index contributed by atoms with van der Waals surface area (Å²) in [6, 6.07) is 1.98. The number of hydrogen-bond acceptors (Lipinski definition) is 4. The largest absolute Gasteiger partial charge is 0.382 e. The highest BCUT2D eigenvalue weighted by atomic mass is 79.9. The first-order valence-corrected chi connectivity index (χ1v) is 5.25. The second-order valence-electron chi connectivity index (χ2n) is 2.42. The first kappa shape index (κ1) is 8.65. The van der Waals surface area contributed by atoms with Crippen molar-refractivity contribution in [2.45, 2.75) is 0 Å². The zero-order chi connectivity index (χ0) is 9.26. The molecule has 0 unspecified atom stereocenters. The van der Waals surface area contributed by atoms with Gasteiger partial charge >= 0.3 is 0 Å². The van der Waals surface area contributed by atoms with Crippen LogP contribution in [0.5, 0.6) is 0 Å². The molecule has 0 radical (unpaired) electrons. The van der Waals surface area contributed by atoms with Crippen molar-refractivity contribution in [1.29, 1.82) is 0 Å². The standard InChI is InChI=1S/C8H6BrN3S/c9-5-1-2-13-8(5)6-3-12-7(10)4-11-6/h1-4H,(H2,10,12). The summed E-state index contributed by atoms with van der Waals surface area (Å²) < 4.78 is 1.04. The fourth-order valence-corrected chi connectivity index (χ4v) is 2.47. The molecule has 0 fully saturated rings. The van der Waals surface area contributed by atoms with Gasteiger partial charge in [-0.3, -0.25) is 0 Å². The molecule has 0 bridgehead atoms. The molecule has 0 aromatic carbocycles. The average Bonchev–Trinajstić information content (AvgIpc) is 2.53. The molecule has 3 nitrogen and oxygen atoms in total. The van der Waals surface area contributed by atoms with Crippen molar-refractivity contribution in [3.8, 4) is 10.6 Å². The highest BCUT2D eigenvalue weighted by Gasteiger charge is 2.05. The first-order valence-electron chi connectivity index (χ1n) is 3.58. The van der Waals surface area contributed by atoms with Gasteiger partial charge in [0.05, 0.1) is 23.0 Å². The smallest absolute Gasteiger partial charge is 0.141 e. The summed E-state index contributed by atoms with van der Waals surface area (Å²) in [6.07, 6.45) is 3.23. The van der Waals surface area contributed by atoms with Gasteiger partial charge in [-0.05, 0) is 27.4 Å². The lowest BCUT2D eigenvalue weighted by Gasteiger charge is -1.97. The van der Waals surface area contributed by atoms with E-state index in [0.29, 0.717) is 5.82 Å². The van der Waals surface area contributed by atoms with E-state index in [-0.39, 0.29) is 0 Å². The number of rotatable bonds is 1. The van der Waals surface area contributed by atoms with Crippen molar-refractivity contribution in [3.05, 3.63) is 28.3 Å². The Morgan fingerprint density at radius 3 is 2.69 bits per heavy atom. The van der Waals surface area contributed by atoms with E-state index in [9.17, 15) is 0 Å². The average molecular weight is 256 g/mol. The lowest BCUT2D eigenvalue weighted by molar-refractivity contribution is 1.22. The fourth-order valence-electron chi connectivity index (χ4n) is 0.932. The fraction of sp³-hybridized carbons (Fsp3) is 0. The van der Waals surface area contributed by atoms with Crippen molar-refractivity contribution in [3.63, 3.8) is 0 Å². The number of aromatic nitrogens is 2. The van der Waals surface area contributed by atoms with Crippen molar-refractivity contribution < 1.29 is 0 Å². The van der Waals surface area contributed by atoms with Gasteiger partial charge < -0.3 is 5.73 Å². The van der Waals surface area contributed by atoms with E-state index in [1.54, 1.807) is 23.7 Å². The van der Waals surface area contributed by atoms with Crippen LogP contribution in [0.3, 0.4) is 0 Å². The van der Waals surface area contributed by atoms with Gasteiger partial charge in [-0.2, -0.15) is 0 Å². The van der Waals surface area contributed by atoms with Crippen molar-refractivity contribution >= 4 is 33.1 Å². The van der Waals surface area contributed by atoms with Crippen LogP contribution in [0.1, 0.15) is 0 Å². The van der Waals surface area contributed by atoms with Crippen LogP contribution in [0, 0.1) is 0 Å². The molecule has 13 heavy (non-hydrogen) atoms. The Morgan fingerprint density at radius 1 is 1.31 bits per heavy atom. The lowest BCUT2D eigenvalue weighted by atomic mass is 10.3. The molecule has 66 valence electrons. The molecular weight excluding hydrogens is 250 g/mol. The van der Waals surface area contributed by atoms with E-state index in [4.69, 9.17) is 5.73 Å². The molecule has 0 atom stereocenters. The second kappa shape index (κ2) is 3.43. The summed E-state index contributed by atoms with van der Waals surface area (Å²) in [7, 11) is 0.